The lowest BCUT2D eigenvalue weighted by atomic mass is 10.1. The molecule has 0 radical (unpaired) electrons. The molecule has 1 heterocycles. The highest BCUT2D eigenvalue weighted by Crippen LogP contribution is 2.33. The van der Waals surface area contributed by atoms with Gasteiger partial charge in [0.05, 0.1) is 5.56 Å². The molecule has 2 aromatic rings. The van der Waals surface area contributed by atoms with Crippen molar-refractivity contribution in [1.29, 1.82) is 0 Å². The smallest absolute Gasteiger partial charge is 0.340 e. The van der Waals surface area contributed by atoms with Gasteiger partial charge in [-0.1, -0.05) is 6.07 Å². The first-order valence-corrected chi connectivity index (χ1v) is 5.29. The standard InChI is InChI=1S/C12H9F4N3/c1-7-2-3-8(6-9(7)12(14,15)16)18-10-4-5-17-11(13)19-10/h2-6H,1H3,(H,17,18,19). The Morgan fingerprint density at radius 2 is 1.89 bits per heavy atom. The molecule has 0 unspecified atom stereocenters. The van der Waals surface area contributed by atoms with E-state index in [-0.39, 0.29) is 17.1 Å². The van der Waals surface area contributed by atoms with Crippen LogP contribution in [0.2, 0.25) is 0 Å². The third-order valence-electron chi connectivity index (χ3n) is 2.44. The number of alkyl halides is 3. The van der Waals surface area contributed by atoms with E-state index < -0.39 is 17.8 Å². The van der Waals surface area contributed by atoms with Gasteiger partial charge in [0.1, 0.15) is 5.82 Å². The number of aromatic nitrogens is 2. The molecule has 0 aliphatic heterocycles. The molecule has 0 atom stereocenters. The van der Waals surface area contributed by atoms with Crippen molar-refractivity contribution in [2.75, 3.05) is 5.32 Å². The van der Waals surface area contributed by atoms with E-state index in [1.807, 2.05) is 0 Å². The second kappa shape index (κ2) is 4.83. The lowest BCUT2D eigenvalue weighted by molar-refractivity contribution is -0.138. The van der Waals surface area contributed by atoms with Crippen molar-refractivity contribution in [3.8, 4) is 0 Å². The summed E-state index contributed by atoms with van der Waals surface area (Å²) in [6, 6.07) is 5.11. The van der Waals surface area contributed by atoms with Crippen molar-refractivity contribution in [1.82, 2.24) is 9.97 Å². The molecule has 0 fully saturated rings. The minimum Gasteiger partial charge on any atom is -0.340 e. The first-order valence-electron chi connectivity index (χ1n) is 5.29. The van der Waals surface area contributed by atoms with E-state index in [9.17, 15) is 17.6 Å². The zero-order valence-electron chi connectivity index (χ0n) is 9.79. The molecule has 1 N–H and O–H groups in total. The van der Waals surface area contributed by atoms with E-state index in [1.165, 1.54) is 31.3 Å². The Balaban J connectivity index is 2.32. The van der Waals surface area contributed by atoms with Crippen LogP contribution in [0.15, 0.2) is 30.5 Å². The fourth-order valence-corrected chi connectivity index (χ4v) is 1.56. The highest BCUT2D eigenvalue weighted by molar-refractivity contribution is 5.58. The van der Waals surface area contributed by atoms with Crippen LogP contribution >= 0.6 is 0 Å². The number of aryl methyl sites for hydroxylation is 1. The molecule has 0 saturated carbocycles. The lowest BCUT2D eigenvalue weighted by Gasteiger charge is -2.12. The van der Waals surface area contributed by atoms with Gasteiger partial charge in [-0.25, -0.2) is 4.98 Å². The third-order valence-corrected chi connectivity index (χ3v) is 2.44. The molecular formula is C12H9F4N3. The quantitative estimate of drug-likeness (QED) is 0.668. The molecule has 0 saturated heterocycles. The first kappa shape index (κ1) is 13.3. The predicted octanol–water partition coefficient (Wildman–Crippen LogP) is 3.69. The molecule has 19 heavy (non-hydrogen) atoms. The highest BCUT2D eigenvalue weighted by atomic mass is 19.4. The Morgan fingerprint density at radius 1 is 1.16 bits per heavy atom. The third kappa shape index (κ3) is 3.18. The largest absolute Gasteiger partial charge is 0.416 e. The Bertz CT molecular complexity index is 596. The van der Waals surface area contributed by atoms with E-state index in [4.69, 9.17) is 0 Å². The van der Waals surface area contributed by atoms with Gasteiger partial charge in [-0.15, -0.1) is 0 Å². The molecule has 0 aliphatic rings. The molecule has 1 aromatic heterocycles. The maximum atomic E-state index is 12.8. The van der Waals surface area contributed by atoms with Crippen LogP contribution in [-0.4, -0.2) is 9.97 Å². The van der Waals surface area contributed by atoms with Crippen molar-refractivity contribution in [3.05, 3.63) is 47.7 Å². The minimum absolute atomic E-state index is 0.0875. The summed E-state index contributed by atoms with van der Waals surface area (Å²) in [7, 11) is 0. The van der Waals surface area contributed by atoms with Gasteiger partial charge in [0.2, 0.25) is 0 Å². The van der Waals surface area contributed by atoms with E-state index in [0.717, 1.165) is 6.07 Å². The Kier molecular flexibility index (Phi) is 3.37. The Labute approximate surface area is 106 Å². The van der Waals surface area contributed by atoms with Crippen LogP contribution in [0.4, 0.5) is 29.1 Å². The topological polar surface area (TPSA) is 37.8 Å². The van der Waals surface area contributed by atoms with Crippen LogP contribution in [0.1, 0.15) is 11.1 Å². The van der Waals surface area contributed by atoms with Crippen LogP contribution in [0.25, 0.3) is 0 Å². The summed E-state index contributed by atoms with van der Waals surface area (Å²) in [5.74, 6) is 0.0875. The normalized spacial score (nSPS) is 11.4. The van der Waals surface area contributed by atoms with E-state index in [1.54, 1.807) is 0 Å². The zero-order chi connectivity index (χ0) is 14.0. The van der Waals surface area contributed by atoms with E-state index >= 15 is 0 Å². The molecular weight excluding hydrogens is 262 g/mol. The second-order valence-corrected chi connectivity index (χ2v) is 3.86. The summed E-state index contributed by atoms with van der Waals surface area (Å²) in [4.78, 5) is 6.67. The number of nitrogens with one attached hydrogen (secondary N) is 1. The second-order valence-electron chi connectivity index (χ2n) is 3.86. The van der Waals surface area contributed by atoms with Gasteiger partial charge >= 0.3 is 12.3 Å². The van der Waals surface area contributed by atoms with E-state index in [2.05, 4.69) is 15.3 Å². The molecule has 0 aliphatic carbocycles. The van der Waals surface area contributed by atoms with Gasteiger partial charge in [-0.2, -0.15) is 22.5 Å². The average molecular weight is 271 g/mol. The SMILES string of the molecule is Cc1ccc(Nc2ccnc(F)n2)cc1C(F)(F)F. The van der Waals surface area contributed by atoms with Crippen molar-refractivity contribution in [3.63, 3.8) is 0 Å². The minimum atomic E-state index is -4.43. The summed E-state index contributed by atoms with van der Waals surface area (Å²) in [5, 5.41) is 2.59. The molecule has 0 bridgehead atoms. The highest BCUT2D eigenvalue weighted by Gasteiger charge is 2.32. The van der Waals surface area contributed by atoms with Gasteiger partial charge in [0, 0.05) is 11.9 Å². The number of hydrogen-bond donors (Lipinski definition) is 1. The summed E-state index contributed by atoms with van der Waals surface area (Å²) >= 11 is 0. The van der Waals surface area contributed by atoms with Gasteiger partial charge in [-0.05, 0) is 30.7 Å². The van der Waals surface area contributed by atoms with E-state index in [0.29, 0.717) is 0 Å². The fraction of sp³-hybridized carbons (Fsp3) is 0.167. The van der Waals surface area contributed by atoms with Crippen molar-refractivity contribution >= 4 is 11.5 Å². The summed E-state index contributed by atoms with van der Waals surface area (Å²) in [6.45, 7) is 1.37. The van der Waals surface area contributed by atoms with Gasteiger partial charge < -0.3 is 5.32 Å². The molecule has 7 heteroatoms. The van der Waals surface area contributed by atoms with Gasteiger partial charge in [-0.3, -0.25) is 0 Å². The van der Waals surface area contributed by atoms with Crippen LogP contribution in [0.3, 0.4) is 0 Å². The lowest BCUT2D eigenvalue weighted by Crippen LogP contribution is -2.08. The molecule has 0 spiro atoms. The van der Waals surface area contributed by atoms with Crippen molar-refractivity contribution in [2.45, 2.75) is 13.1 Å². The predicted molar refractivity (Wildman–Crippen MR) is 61.5 cm³/mol. The summed E-state index contributed by atoms with van der Waals surface area (Å²) in [5.41, 5.74) is -0.449. The number of anilines is 2. The number of nitrogens with zero attached hydrogens (tertiary/aromatic N) is 2. The van der Waals surface area contributed by atoms with Crippen LogP contribution in [-0.2, 0) is 6.18 Å². The van der Waals surface area contributed by atoms with Crippen LogP contribution < -0.4 is 5.32 Å². The summed E-state index contributed by atoms with van der Waals surface area (Å²) < 4.78 is 50.9. The average Bonchev–Trinajstić information content (AvgIpc) is 2.30. The monoisotopic (exact) mass is 271 g/mol. The van der Waals surface area contributed by atoms with Crippen LogP contribution in [0.5, 0.6) is 0 Å². The Morgan fingerprint density at radius 3 is 2.53 bits per heavy atom. The molecule has 3 nitrogen and oxygen atoms in total. The van der Waals surface area contributed by atoms with Crippen molar-refractivity contribution < 1.29 is 17.6 Å². The van der Waals surface area contributed by atoms with Crippen molar-refractivity contribution in [2.24, 2.45) is 0 Å². The molecule has 100 valence electrons. The zero-order valence-corrected chi connectivity index (χ0v) is 9.79. The number of halogens is 4. The molecule has 2 rings (SSSR count). The summed E-state index contributed by atoms with van der Waals surface area (Å²) in [6.07, 6.45) is -4.21. The fourth-order valence-electron chi connectivity index (χ4n) is 1.56. The first-order chi connectivity index (χ1) is 8.86. The number of hydrogen-bond acceptors (Lipinski definition) is 3. The van der Waals surface area contributed by atoms with Gasteiger partial charge in [0.15, 0.2) is 0 Å². The molecule has 0 amide bonds. The molecule has 1 aromatic carbocycles. The number of benzene rings is 1. The number of rotatable bonds is 2. The van der Waals surface area contributed by atoms with Gasteiger partial charge in [0.25, 0.3) is 0 Å². The Hall–Kier alpha value is -2.18. The van der Waals surface area contributed by atoms with Crippen LogP contribution in [0, 0.1) is 13.0 Å². The maximum Gasteiger partial charge on any atom is 0.416 e. The maximum absolute atomic E-state index is 12.8.